The molecule has 31 heavy (non-hydrogen) atoms. The molecule has 0 saturated carbocycles. The zero-order valence-electron chi connectivity index (χ0n) is 16.7. The van der Waals surface area contributed by atoms with Crippen molar-refractivity contribution in [2.24, 2.45) is 0 Å². The van der Waals surface area contributed by atoms with Crippen LogP contribution in [0.5, 0.6) is 0 Å². The minimum absolute atomic E-state index is 0.0383. The Hall–Kier alpha value is -3.23. The predicted octanol–water partition coefficient (Wildman–Crippen LogP) is 4.26. The third-order valence-electron chi connectivity index (χ3n) is 5.29. The summed E-state index contributed by atoms with van der Waals surface area (Å²) in [6.07, 6.45) is 0. The van der Waals surface area contributed by atoms with Crippen LogP contribution in [0.4, 0.5) is 0 Å². The van der Waals surface area contributed by atoms with Crippen LogP contribution in [-0.4, -0.2) is 57.6 Å². The molecule has 1 fully saturated rings. The van der Waals surface area contributed by atoms with E-state index in [4.69, 9.17) is 5.10 Å². The summed E-state index contributed by atoms with van der Waals surface area (Å²) >= 11 is 3.05. The Bertz CT molecular complexity index is 1180. The first-order valence-corrected chi connectivity index (χ1v) is 11.8. The average molecular weight is 449 g/mol. The van der Waals surface area contributed by atoms with Crippen molar-refractivity contribution in [2.75, 3.05) is 26.2 Å². The van der Waals surface area contributed by atoms with Crippen LogP contribution in [0.1, 0.15) is 20.2 Å². The van der Waals surface area contributed by atoms with Gasteiger partial charge in [-0.3, -0.25) is 9.59 Å². The summed E-state index contributed by atoms with van der Waals surface area (Å²) in [7, 11) is 0. The number of carbonyl (C=O) groups is 2. The highest BCUT2D eigenvalue weighted by atomic mass is 32.1. The summed E-state index contributed by atoms with van der Waals surface area (Å²) in [5.74, 6) is -0.0289. The molecule has 1 aliphatic rings. The quantitative estimate of drug-likeness (QED) is 0.469. The Morgan fingerprint density at radius 1 is 0.774 bits per heavy atom. The second-order valence-electron chi connectivity index (χ2n) is 7.20. The Balaban J connectivity index is 1.38. The van der Waals surface area contributed by atoms with E-state index < -0.39 is 0 Å². The highest BCUT2D eigenvalue weighted by Gasteiger charge is 2.28. The first-order valence-electron chi connectivity index (χ1n) is 10.0. The van der Waals surface area contributed by atoms with Crippen LogP contribution in [0.15, 0.2) is 71.4 Å². The molecule has 0 atom stereocenters. The molecule has 4 aromatic rings. The van der Waals surface area contributed by atoms with Crippen LogP contribution in [-0.2, 0) is 0 Å². The van der Waals surface area contributed by atoms with Gasteiger partial charge >= 0.3 is 0 Å². The van der Waals surface area contributed by atoms with Crippen molar-refractivity contribution in [2.45, 2.75) is 0 Å². The molecule has 1 aromatic carbocycles. The van der Waals surface area contributed by atoms with E-state index >= 15 is 0 Å². The molecular formula is C23H20N4O2S2. The fourth-order valence-electron chi connectivity index (χ4n) is 3.67. The molecule has 1 aliphatic heterocycles. The average Bonchev–Trinajstić information content (AvgIpc) is 3.60. The van der Waals surface area contributed by atoms with Gasteiger partial charge in [-0.1, -0.05) is 30.3 Å². The number of nitrogens with zero attached hydrogens (tertiary/aromatic N) is 4. The summed E-state index contributed by atoms with van der Waals surface area (Å²) < 4.78 is 1.72. The van der Waals surface area contributed by atoms with Crippen LogP contribution >= 0.6 is 22.7 Å². The smallest absolute Gasteiger partial charge is 0.272 e. The van der Waals surface area contributed by atoms with Crippen LogP contribution in [0.3, 0.4) is 0 Å². The topological polar surface area (TPSA) is 58.4 Å². The number of amides is 2. The monoisotopic (exact) mass is 448 g/mol. The molecule has 2 amide bonds. The van der Waals surface area contributed by atoms with Gasteiger partial charge < -0.3 is 9.80 Å². The van der Waals surface area contributed by atoms with Gasteiger partial charge in [0.05, 0.1) is 15.4 Å². The molecule has 4 heterocycles. The van der Waals surface area contributed by atoms with Gasteiger partial charge in [-0.05, 0) is 41.1 Å². The van der Waals surface area contributed by atoms with Crippen molar-refractivity contribution in [1.82, 2.24) is 19.6 Å². The Morgan fingerprint density at radius 2 is 1.45 bits per heavy atom. The van der Waals surface area contributed by atoms with Gasteiger partial charge in [-0.15, -0.1) is 22.7 Å². The number of aromatic nitrogens is 2. The zero-order valence-corrected chi connectivity index (χ0v) is 18.3. The molecule has 0 bridgehead atoms. The molecule has 0 unspecified atom stereocenters. The number of piperazine rings is 1. The van der Waals surface area contributed by atoms with Crippen LogP contribution in [0, 0.1) is 0 Å². The molecule has 1 saturated heterocycles. The van der Waals surface area contributed by atoms with E-state index in [9.17, 15) is 9.59 Å². The second-order valence-corrected chi connectivity index (χ2v) is 9.10. The number of hydrogen-bond donors (Lipinski definition) is 0. The first kappa shape index (κ1) is 19.7. The maximum atomic E-state index is 13.4. The lowest BCUT2D eigenvalue weighted by molar-refractivity contribution is 0.0533. The number of rotatable bonds is 4. The van der Waals surface area contributed by atoms with Crippen molar-refractivity contribution in [3.8, 4) is 16.3 Å². The van der Waals surface area contributed by atoms with Crippen molar-refractivity contribution in [1.29, 1.82) is 0 Å². The second kappa shape index (κ2) is 8.49. The molecular weight excluding hydrogens is 428 g/mol. The molecule has 0 aliphatic carbocycles. The summed E-state index contributed by atoms with van der Waals surface area (Å²) in [5, 5.41) is 8.64. The molecule has 3 aromatic heterocycles. The third-order valence-corrected chi connectivity index (χ3v) is 7.04. The molecule has 6 nitrogen and oxygen atoms in total. The van der Waals surface area contributed by atoms with Crippen molar-refractivity contribution < 1.29 is 9.59 Å². The summed E-state index contributed by atoms with van der Waals surface area (Å²) in [6, 6.07) is 19.3. The Kier molecular flexibility index (Phi) is 5.40. The van der Waals surface area contributed by atoms with Gasteiger partial charge in [-0.2, -0.15) is 5.10 Å². The lowest BCUT2D eigenvalue weighted by Crippen LogP contribution is -2.50. The Morgan fingerprint density at radius 3 is 2.10 bits per heavy atom. The molecule has 0 spiro atoms. The standard InChI is InChI=1S/C23H20N4O2S2/c28-22(25-10-12-26(13-11-25)23(29)21-9-5-15-31-21)19-16-18(20-8-4-14-30-20)24-27(19)17-6-2-1-3-7-17/h1-9,14-16H,10-13H2. The third kappa shape index (κ3) is 3.92. The number of benzene rings is 1. The summed E-state index contributed by atoms with van der Waals surface area (Å²) in [5.41, 5.74) is 2.17. The normalized spacial score (nSPS) is 14.1. The fourth-order valence-corrected chi connectivity index (χ4v) is 5.05. The van der Waals surface area contributed by atoms with Crippen LogP contribution < -0.4 is 0 Å². The number of hydrogen-bond acceptors (Lipinski definition) is 5. The van der Waals surface area contributed by atoms with Gasteiger partial charge in [-0.25, -0.2) is 4.68 Å². The van der Waals surface area contributed by atoms with Gasteiger partial charge in [0.2, 0.25) is 0 Å². The molecule has 0 N–H and O–H groups in total. The first-order chi connectivity index (χ1) is 15.2. The molecule has 8 heteroatoms. The van der Waals surface area contributed by atoms with E-state index in [1.807, 2.05) is 81.2 Å². The summed E-state index contributed by atoms with van der Waals surface area (Å²) in [6.45, 7) is 2.06. The Labute approximate surface area is 188 Å². The minimum atomic E-state index is -0.0672. The van der Waals surface area contributed by atoms with E-state index in [0.717, 1.165) is 21.1 Å². The predicted molar refractivity (Wildman–Crippen MR) is 123 cm³/mol. The van der Waals surface area contributed by atoms with E-state index in [-0.39, 0.29) is 11.8 Å². The largest absolute Gasteiger partial charge is 0.334 e. The van der Waals surface area contributed by atoms with Gasteiger partial charge in [0, 0.05) is 26.2 Å². The molecule has 156 valence electrons. The highest BCUT2D eigenvalue weighted by Crippen LogP contribution is 2.26. The highest BCUT2D eigenvalue weighted by molar-refractivity contribution is 7.13. The number of thiophene rings is 2. The maximum Gasteiger partial charge on any atom is 0.272 e. The molecule has 0 radical (unpaired) electrons. The fraction of sp³-hybridized carbons (Fsp3) is 0.174. The molecule has 5 rings (SSSR count). The lowest BCUT2D eigenvalue weighted by atomic mass is 10.2. The lowest BCUT2D eigenvalue weighted by Gasteiger charge is -2.34. The van der Waals surface area contributed by atoms with Crippen LogP contribution in [0.2, 0.25) is 0 Å². The number of para-hydroxylation sites is 1. The van der Waals surface area contributed by atoms with Crippen molar-refractivity contribution in [3.63, 3.8) is 0 Å². The van der Waals surface area contributed by atoms with Gasteiger partial charge in [0.15, 0.2) is 0 Å². The van der Waals surface area contributed by atoms with Gasteiger partial charge in [0.1, 0.15) is 11.4 Å². The van der Waals surface area contributed by atoms with Crippen molar-refractivity contribution >= 4 is 34.5 Å². The minimum Gasteiger partial charge on any atom is -0.334 e. The van der Waals surface area contributed by atoms with E-state index in [1.165, 1.54) is 11.3 Å². The maximum absolute atomic E-state index is 13.4. The number of carbonyl (C=O) groups excluding carboxylic acids is 2. The van der Waals surface area contributed by atoms with E-state index in [2.05, 4.69) is 0 Å². The van der Waals surface area contributed by atoms with Crippen LogP contribution in [0.25, 0.3) is 16.3 Å². The van der Waals surface area contributed by atoms with E-state index in [0.29, 0.717) is 31.9 Å². The zero-order chi connectivity index (χ0) is 21.2. The SMILES string of the molecule is O=C(c1cccs1)N1CCN(C(=O)c2cc(-c3cccs3)nn2-c2ccccc2)CC1. The van der Waals surface area contributed by atoms with Gasteiger partial charge in [0.25, 0.3) is 11.8 Å². The van der Waals surface area contributed by atoms with E-state index in [1.54, 1.807) is 16.0 Å². The van der Waals surface area contributed by atoms with Crippen molar-refractivity contribution in [3.05, 3.63) is 82.0 Å². The summed E-state index contributed by atoms with van der Waals surface area (Å²) in [4.78, 5) is 31.4.